The number of nitrogens with one attached hydrogen (secondary N) is 2. The van der Waals surface area contributed by atoms with Gasteiger partial charge in [0.15, 0.2) is 5.82 Å². The molecule has 10 heteroatoms. The van der Waals surface area contributed by atoms with Crippen molar-refractivity contribution in [2.45, 2.75) is 19.4 Å². The number of carbonyl (C=O) groups excluding carboxylic acids is 2. The lowest BCUT2D eigenvalue weighted by Gasteiger charge is -2.19. The highest BCUT2D eigenvalue weighted by Crippen LogP contribution is 2.19. The molecule has 4 aromatic rings. The minimum atomic E-state index is -0.895. The second kappa shape index (κ2) is 10.2. The molecular formula is C24H20ClFN6O2. The Kier molecular flexibility index (Phi) is 6.93. The van der Waals surface area contributed by atoms with E-state index in [4.69, 9.17) is 11.6 Å². The fraction of sp³-hybridized carbons (Fsp3) is 0.125. The molecule has 0 aliphatic rings. The molecule has 34 heavy (non-hydrogen) atoms. The van der Waals surface area contributed by atoms with Gasteiger partial charge in [0.05, 0.1) is 0 Å². The molecule has 1 atom stereocenters. The average Bonchev–Trinajstić information content (AvgIpc) is 3.26. The molecule has 2 amide bonds. The van der Waals surface area contributed by atoms with Crippen molar-refractivity contribution < 1.29 is 14.0 Å². The summed E-state index contributed by atoms with van der Waals surface area (Å²) in [6.07, 6.45) is 0.256. The Balaban J connectivity index is 1.57. The summed E-state index contributed by atoms with van der Waals surface area (Å²) in [6.45, 7) is 1.63. The van der Waals surface area contributed by atoms with Crippen molar-refractivity contribution in [1.29, 1.82) is 0 Å². The van der Waals surface area contributed by atoms with Crippen molar-refractivity contribution in [2.75, 3.05) is 5.32 Å². The third-order valence-corrected chi connectivity index (χ3v) is 5.33. The quantitative estimate of drug-likeness (QED) is 0.421. The molecule has 0 saturated carbocycles. The van der Waals surface area contributed by atoms with Crippen LogP contribution in [0, 0.1) is 12.7 Å². The number of aromatic nitrogens is 4. The fourth-order valence-corrected chi connectivity index (χ4v) is 3.46. The Morgan fingerprint density at radius 3 is 2.47 bits per heavy atom. The van der Waals surface area contributed by atoms with Gasteiger partial charge in [-0.1, -0.05) is 41.9 Å². The van der Waals surface area contributed by atoms with Crippen LogP contribution in [0.3, 0.4) is 0 Å². The van der Waals surface area contributed by atoms with Crippen molar-refractivity contribution >= 4 is 29.1 Å². The van der Waals surface area contributed by atoms with Crippen LogP contribution in [-0.2, 0) is 11.2 Å². The Hall–Kier alpha value is -4.11. The number of benzene rings is 3. The monoisotopic (exact) mass is 478 g/mol. The molecule has 0 aliphatic heterocycles. The summed E-state index contributed by atoms with van der Waals surface area (Å²) in [7, 11) is 0. The van der Waals surface area contributed by atoms with E-state index in [9.17, 15) is 14.0 Å². The topological polar surface area (TPSA) is 102 Å². The van der Waals surface area contributed by atoms with Crippen molar-refractivity contribution in [3.63, 3.8) is 0 Å². The maximum absolute atomic E-state index is 14.4. The van der Waals surface area contributed by atoms with Gasteiger partial charge in [0.25, 0.3) is 5.91 Å². The summed E-state index contributed by atoms with van der Waals surface area (Å²) < 4.78 is 15.6. The van der Waals surface area contributed by atoms with Crippen LogP contribution in [0.2, 0.25) is 5.02 Å². The molecule has 1 heterocycles. The molecule has 0 radical (unpaired) electrons. The third-order valence-electron chi connectivity index (χ3n) is 5.08. The summed E-state index contributed by atoms with van der Waals surface area (Å²) in [4.78, 5) is 26.0. The van der Waals surface area contributed by atoms with E-state index >= 15 is 0 Å². The number of amides is 2. The lowest BCUT2D eigenvalue weighted by atomic mass is 10.0. The van der Waals surface area contributed by atoms with Crippen LogP contribution >= 0.6 is 11.6 Å². The zero-order valence-electron chi connectivity index (χ0n) is 18.1. The summed E-state index contributed by atoms with van der Waals surface area (Å²) >= 11 is 5.90. The highest BCUT2D eigenvalue weighted by molar-refractivity contribution is 6.30. The van der Waals surface area contributed by atoms with Crippen LogP contribution < -0.4 is 10.6 Å². The molecule has 1 unspecified atom stereocenters. The van der Waals surface area contributed by atoms with E-state index < -0.39 is 23.7 Å². The van der Waals surface area contributed by atoms with E-state index in [-0.39, 0.29) is 12.1 Å². The first-order valence-electron chi connectivity index (χ1n) is 10.4. The number of rotatable bonds is 7. The van der Waals surface area contributed by atoms with E-state index in [2.05, 4.69) is 26.2 Å². The van der Waals surface area contributed by atoms with Gasteiger partial charge in [-0.25, -0.2) is 4.39 Å². The number of tetrazole rings is 1. The van der Waals surface area contributed by atoms with Gasteiger partial charge in [-0.05, 0) is 65.4 Å². The Morgan fingerprint density at radius 2 is 1.79 bits per heavy atom. The largest absolute Gasteiger partial charge is 0.340 e. The lowest BCUT2D eigenvalue weighted by Crippen LogP contribution is -2.45. The number of hydrogen-bond acceptors (Lipinski definition) is 5. The Bertz CT molecular complexity index is 1310. The van der Waals surface area contributed by atoms with Gasteiger partial charge < -0.3 is 10.6 Å². The normalized spacial score (nSPS) is 11.6. The molecule has 0 fully saturated rings. The molecule has 0 spiro atoms. The Morgan fingerprint density at radius 1 is 1.06 bits per heavy atom. The van der Waals surface area contributed by atoms with Crippen LogP contribution in [0.15, 0.2) is 72.8 Å². The smallest absolute Gasteiger partial charge is 0.251 e. The van der Waals surface area contributed by atoms with Crippen molar-refractivity contribution in [2.24, 2.45) is 0 Å². The van der Waals surface area contributed by atoms with Gasteiger partial charge in [-0.3, -0.25) is 9.59 Å². The zero-order valence-corrected chi connectivity index (χ0v) is 18.8. The highest BCUT2D eigenvalue weighted by atomic mass is 35.5. The van der Waals surface area contributed by atoms with Crippen LogP contribution in [0.1, 0.15) is 21.7 Å². The molecule has 8 nitrogen and oxygen atoms in total. The van der Waals surface area contributed by atoms with E-state index in [1.54, 1.807) is 31.2 Å². The summed E-state index contributed by atoms with van der Waals surface area (Å²) in [5.41, 5.74) is 1.65. The molecule has 172 valence electrons. The summed E-state index contributed by atoms with van der Waals surface area (Å²) in [5.74, 6) is -1.04. The highest BCUT2D eigenvalue weighted by Gasteiger charge is 2.23. The maximum Gasteiger partial charge on any atom is 0.251 e. The molecule has 0 saturated heterocycles. The first kappa shape index (κ1) is 23.1. The second-order valence-electron chi connectivity index (χ2n) is 7.52. The van der Waals surface area contributed by atoms with Crippen LogP contribution in [0.5, 0.6) is 0 Å². The second-order valence-corrected chi connectivity index (χ2v) is 7.95. The number of halogens is 2. The predicted molar refractivity (Wildman–Crippen MR) is 125 cm³/mol. The van der Waals surface area contributed by atoms with E-state index in [0.29, 0.717) is 22.1 Å². The molecule has 3 aromatic carbocycles. The third kappa shape index (κ3) is 5.44. The molecule has 0 aliphatic carbocycles. The number of nitrogens with zero attached hydrogens (tertiary/aromatic N) is 4. The average molecular weight is 479 g/mol. The number of aryl methyl sites for hydroxylation is 1. The minimum Gasteiger partial charge on any atom is -0.340 e. The fourth-order valence-electron chi connectivity index (χ4n) is 3.34. The molecule has 0 bridgehead atoms. The minimum absolute atomic E-state index is 0.0881. The number of anilines is 1. The van der Waals surface area contributed by atoms with Crippen molar-refractivity contribution in [1.82, 2.24) is 25.5 Å². The Labute approximate surface area is 199 Å². The first-order chi connectivity index (χ1) is 16.4. The maximum atomic E-state index is 14.4. The van der Waals surface area contributed by atoms with Gasteiger partial charge in [0, 0.05) is 22.7 Å². The molecule has 2 N–H and O–H groups in total. The van der Waals surface area contributed by atoms with E-state index in [0.717, 1.165) is 5.56 Å². The molecule has 4 rings (SSSR count). The lowest BCUT2D eigenvalue weighted by molar-refractivity contribution is -0.118. The van der Waals surface area contributed by atoms with Crippen molar-refractivity contribution in [3.05, 3.63) is 101 Å². The van der Waals surface area contributed by atoms with Gasteiger partial charge in [0.2, 0.25) is 5.91 Å². The summed E-state index contributed by atoms with van der Waals surface area (Å²) in [6, 6.07) is 18.8. The van der Waals surface area contributed by atoms with Gasteiger partial charge in [-0.2, -0.15) is 4.68 Å². The van der Waals surface area contributed by atoms with Crippen molar-refractivity contribution in [3.8, 4) is 5.69 Å². The standard InChI is InChI=1S/C24H20ClFN6O2/c1-15-29-30-31-32(15)22-14-19(11-12-20(22)26)27-24(34)21(13-16-5-3-2-4-6-16)28-23(33)17-7-9-18(25)10-8-17/h2-12,14,21H,13H2,1H3,(H,27,34)(H,28,33). The summed E-state index contributed by atoms with van der Waals surface area (Å²) in [5, 5.41) is 17.1. The number of carbonyl (C=O) groups is 2. The molecular weight excluding hydrogens is 459 g/mol. The van der Waals surface area contributed by atoms with Crippen LogP contribution in [0.25, 0.3) is 5.69 Å². The van der Waals surface area contributed by atoms with Crippen LogP contribution in [0.4, 0.5) is 10.1 Å². The van der Waals surface area contributed by atoms with Gasteiger partial charge >= 0.3 is 0 Å². The predicted octanol–water partition coefficient (Wildman–Crippen LogP) is 3.74. The molecule has 1 aromatic heterocycles. The van der Waals surface area contributed by atoms with Gasteiger partial charge in [0.1, 0.15) is 17.5 Å². The van der Waals surface area contributed by atoms with E-state index in [1.807, 2.05) is 30.3 Å². The number of hydrogen-bond donors (Lipinski definition) is 2. The van der Waals surface area contributed by atoms with E-state index in [1.165, 1.54) is 22.9 Å². The zero-order chi connectivity index (χ0) is 24.1. The van der Waals surface area contributed by atoms with Gasteiger partial charge in [-0.15, -0.1) is 5.10 Å². The van der Waals surface area contributed by atoms with Crippen LogP contribution in [-0.4, -0.2) is 38.1 Å². The SMILES string of the molecule is Cc1nnnn1-c1cc(NC(=O)C(Cc2ccccc2)NC(=O)c2ccc(Cl)cc2)ccc1F. The first-order valence-corrected chi connectivity index (χ1v) is 10.7.